The molecule has 0 unspecified atom stereocenters. The van der Waals surface area contributed by atoms with E-state index in [1.807, 2.05) is 0 Å². The highest BCUT2D eigenvalue weighted by atomic mass is 35.5. The van der Waals surface area contributed by atoms with Crippen LogP contribution in [0.15, 0.2) is 47.6 Å². The van der Waals surface area contributed by atoms with Crippen LogP contribution in [0.1, 0.15) is 16.1 Å². The Morgan fingerprint density at radius 2 is 1.96 bits per heavy atom. The van der Waals surface area contributed by atoms with Crippen molar-refractivity contribution in [2.75, 3.05) is 14.2 Å². The number of benzene rings is 2. The summed E-state index contributed by atoms with van der Waals surface area (Å²) in [6.45, 7) is 0. The first-order valence-corrected chi connectivity index (χ1v) is 8.83. The minimum absolute atomic E-state index is 0.243. The molecular formula is C19H16Cl2N4O3. The van der Waals surface area contributed by atoms with Crippen LogP contribution in [0.4, 0.5) is 0 Å². The van der Waals surface area contributed by atoms with Crippen LogP contribution in [-0.2, 0) is 0 Å². The Balaban J connectivity index is 1.73. The fourth-order valence-electron chi connectivity index (χ4n) is 2.41. The predicted molar refractivity (Wildman–Crippen MR) is 109 cm³/mol. The van der Waals surface area contributed by atoms with E-state index in [4.69, 9.17) is 32.7 Å². The van der Waals surface area contributed by atoms with Crippen LogP contribution in [0.5, 0.6) is 11.5 Å². The normalized spacial score (nSPS) is 10.9. The summed E-state index contributed by atoms with van der Waals surface area (Å²) in [4.78, 5) is 12.3. The van der Waals surface area contributed by atoms with Crippen molar-refractivity contribution >= 4 is 35.3 Å². The highest BCUT2D eigenvalue weighted by molar-refractivity contribution is 6.36. The molecule has 0 spiro atoms. The van der Waals surface area contributed by atoms with Crippen LogP contribution in [-0.4, -0.2) is 36.5 Å². The standard InChI is InChI=1S/C19H16Cl2N4O3/c1-27-13-5-6-14(18(8-13)28-2)16-9-17(24-23-16)19(26)25-22-10-11-3-4-12(20)7-15(11)21/h3-10H,1-2H3,(H,23,24)(H,25,26)/b22-10+. The number of hydrogen-bond donors (Lipinski definition) is 2. The molecule has 0 saturated heterocycles. The van der Waals surface area contributed by atoms with Crippen molar-refractivity contribution in [3.63, 3.8) is 0 Å². The molecule has 2 N–H and O–H groups in total. The Labute approximate surface area is 171 Å². The molecule has 0 aliphatic rings. The lowest BCUT2D eigenvalue weighted by Crippen LogP contribution is -2.18. The zero-order chi connectivity index (χ0) is 20.1. The highest BCUT2D eigenvalue weighted by Crippen LogP contribution is 2.32. The number of halogens is 2. The molecule has 3 aromatic rings. The summed E-state index contributed by atoms with van der Waals surface area (Å²) in [5.41, 5.74) is 4.55. The van der Waals surface area contributed by atoms with Crippen molar-refractivity contribution in [1.82, 2.24) is 15.6 Å². The van der Waals surface area contributed by atoms with E-state index in [9.17, 15) is 4.79 Å². The summed E-state index contributed by atoms with van der Waals surface area (Å²) in [6.07, 6.45) is 1.43. The minimum Gasteiger partial charge on any atom is -0.497 e. The quantitative estimate of drug-likeness (QED) is 0.464. The third-order valence-electron chi connectivity index (χ3n) is 3.84. The van der Waals surface area contributed by atoms with E-state index in [1.165, 1.54) is 6.21 Å². The van der Waals surface area contributed by atoms with E-state index in [1.54, 1.807) is 56.7 Å². The maximum Gasteiger partial charge on any atom is 0.289 e. The molecule has 144 valence electrons. The van der Waals surface area contributed by atoms with Gasteiger partial charge in [-0.2, -0.15) is 10.2 Å². The van der Waals surface area contributed by atoms with Crippen molar-refractivity contribution < 1.29 is 14.3 Å². The highest BCUT2D eigenvalue weighted by Gasteiger charge is 2.14. The number of carbonyl (C=O) groups is 1. The van der Waals surface area contributed by atoms with Gasteiger partial charge in [0.2, 0.25) is 0 Å². The van der Waals surface area contributed by atoms with E-state index in [0.717, 1.165) is 5.56 Å². The van der Waals surface area contributed by atoms with Crippen molar-refractivity contribution in [2.24, 2.45) is 5.10 Å². The maximum atomic E-state index is 12.3. The molecule has 0 fully saturated rings. The molecule has 0 radical (unpaired) electrons. The van der Waals surface area contributed by atoms with Gasteiger partial charge in [0.05, 0.1) is 31.2 Å². The smallest absolute Gasteiger partial charge is 0.289 e. The SMILES string of the molecule is COc1ccc(-c2cc(C(=O)N/N=C/c3ccc(Cl)cc3Cl)[nH]n2)c(OC)c1. The Morgan fingerprint density at radius 1 is 1.14 bits per heavy atom. The van der Waals surface area contributed by atoms with Crippen LogP contribution in [0, 0.1) is 0 Å². The first kappa shape index (κ1) is 19.7. The fraction of sp³-hybridized carbons (Fsp3) is 0.105. The number of amides is 1. The summed E-state index contributed by atoms with van der Waals surface area (Å²) < 4.78 is 10.5. The van der Waals surface area contributed by atoms with Crippen LogP contribution in [0.25, 0.3) is 11.3 Å². The van der Waals surface area contributed by atoms with Gasteiger partial charge >= 0.3 is 0 Å². The van der Waals surface area contributed by atoms with Crippen molar-refractivity contribution in [3.05, 3.63) is 63.8 Å². The van der Waals surface area contributed by atoms with Gasteiger partial charge in [-0.3, -0.25) is 9.89 Å². The molecule has 0 aliphatic heterocycles. The van der Waals surface area contributed by atoms with Crippen LogP contribution < -0.4 is 14.9 Å². The van der Waals surface area contributed by atoms with Crippen LogP contribution >= 0.6 is 23.2 Å². The number of carbonyl (C=O) groups excluding carboxylic acids is 1. The van der Waals surface area contributed by atoms with Gasteiger partial charge in [0.15, 0.2) is 0 Å². The Bertz CT molecular complexity index is 1030. The van der Waals surface area contributed by atoms with Gasteiger partial charge in [-0.15, -0.1) is 0 Å². The van der Waals surface area contributed by atoms with Crippen LogP contribution in [0.3, 0.4) is 0 Å². The summed E-state index contributed by atoms with van der Waals surface area (Å²) in [7, 11) is 3.12. The van der Waals surface area contributed by atoms with Crippen molar-refractivity contribution in [2.45, 2.75) is 0 Å². The molecule has 9 heteroatoms. The predicted octanol–water partition coefficient (Wildman–Crippen LogP) is 4.16. The van der Waals surface area contributed by atoms with Gasteiger partial charge in [0.1, 0.15) is 17.2 Å². The monoisotopic (exact) mass is 418 g/mol. The number of ether oxygens (including phenoxy) is 2. The minimum atomic E-state index is -0.451. The second kappa shape index (κ2) is 8.77. The first-order chi connectivity index (χ1) is 13.5. The van der Waals surface area contributed by atoms with E-state index in [0.29, 0.717) is 32.8 Å². The second-order valence-corrected chi connectivity index (χ2v) is 6.44. The van der Waals surface area contributed by atoms with Gasteiger partial charge in [-0.25, -0.2) is 5.43 Å². The molecule has 0 atom stereocenters. The molecule has 1 aromatic heterocycles. The molecule has 28 heavy (non-hydrogen) atoms. The zero-order valence-electron chi connectivity index (χ0n) is 15.0. The number of nitrogens with zero attached hydrogens (tertiary/aromatic N) is 2. The van der Waals surface area contributed by atoms with E-state index < -0.39 is 5.91 Å². The number of hydrazone groups is 1. The number of aromatic amines is 1. The largest absolute Gasteiger partial charge is 0.497 e. The van der Waals surface area contributed by atoms with Gasteiger partial charge in [0, 0.05) is 22.2 Å². The summed E-state index contributed by atoms with van der Waals surface area (Å²) in [5.74, 6) is 0.782. The number of H-pyrrole nitrogens is 1. The number of hydrogen-bond acceptors (Lipinski definition) is 5. The fourth-order valence-corrected chi connectivity index (χ4v) is 2.87. The lowest BCUT2D eigenvalue weighted by Gasteiger charge is -2.08. The lowest BCUT2D eigenvalue weighted by atomic mass is 10.1. The Hall–Kier alpha value is -3.03. The number of aromatic nitrogens is 2. The number of rotatable bonds is 6. The molecule has 7 nitrogen and oxygen atoms in total. The van der Waals surface area contributed by atoms with Gasteiger partial charge in [-0.1, -0.05) is 29.3 Å². The lowest BCUT2D eigenvalue weighted by molar-refractivity contribution is 0.0950. The third-order valence-corrected chi connectivity index (χ3v) is 4.40. The molecular weight excluding hydrogens is 403 g/mol. The van der Waals surface area contributed by atoms with E-state index in [-0.39, 0.29) is 5.69 Å². The van der Waals surface area contributed by atoms with Gasteiger partial charge in [-0.05, 0) is 30.3 Å². The van der Waals surface area contributed by atoms with E-state index in [2.05, 4.69) is 20.7 Å². The molecule has 0 saturated carbocycles. The first-order valence-electron chi connectivity index (χ1n) is 8.08. The zero-order valence-corrected chi connectivity index (χ0v) is 16.5. The summed E-state index contributed by atoms with van der Waals surface area (Å²) in [6, 6.07) is 11.9. The second-order valence-electron chi connectivity index (χ2n) is 5.60. The van der Waals surface area contributed by atoms with Gasteiger partial charge in [0.25, 0.3) is 5.91 Å². The van der Waals surface area contributed by atoms with Crippen molar-refractivity contribution in [3.8, 4) is 22.8 Å². The van der Waals surface area contributed by atoms with Crippen molar-refractivity contribution in [1.29, 1.82) is 0 Å². The molecule has 2 aromatic carbocycles. The number of methoxy groups -OCH3 is 2. The summed E-state index contributed by atoms with van der Waals surface area (Å²) in [5, 5.41) is 11.7. The average Bonchev–Trinajstić information content (AvgIpc) is 3.19. The maximum absolute atomic E-state index is 12.3. The van der Waals surface area contributed by atoms with Crippen LogP contribution in [0.2, 0.25) is 10.0 Å². The average molecular weight is 419 g/mol. The molecule has 3 rings (SSSR count). The summed E-state index contributed by atoms with van der Waals surface area (Å²) >= 11 is 11.9. The van der Waals surface area contributed by atoms with E-state index >= 15 is 0 Å². The molecule has 0 aliphatic carbocycles. The third kappa shape index (κ3) is 4.44. The van der Waals surface area contributed by atoms with Gasteiger partial charge < -0.3 is 9.47 Å². The Kier molecular flexibility index (Phi) is 6.18. The molecule has 0 bridgehead atoms. The Morgan fingerprint density at radius 3 is 2.68 bits per heavy atom. The topological polar surface area (TPSA) is 88.6 Å². The molecule has 1 amide bonds. The molecule has 1 heterocycles. The number of nitrogens with one attached hydrogen (secondary N) is 2.